The van der Waals surface area contributed by atoms with E-state index in [9.17, 15) is 4.79 Å². The van der Waals surface area contributed by atoms with Gasteiger partial charge in [-0.05, 0) is 48.8 Å². The van der Waals surface area contributed by atoms with Gasteiger partial charge >= 0.3 is 0 Å². The number of hydrogen-bond acceptors (Lipinski definition) is 2. The zero-order valence-electron chi connectivity index (χ0n) is 12.0. The first-order valence-corrected chi connectivity index (χ1v) is 8.26. The molecule has 0 aromatic heterocycles. The van der Waals surface area contributed by atoms with E-state index in [1.807, 2.05) is 0 Å². The largest absolute Gasteiger partial charge is 0.375 e. The molecule has 0 saturated heterocycles. The number of carbonyl (C=O) groups is 1. The molecule has 2 fully saturated rings. The van der Waals surface area contributed by atoms with E-state index < -0.39 is 0 Å². The summed E-state index contributed by atoms with van der Waals surface area (Å²) in [7, 11) is 0. The molecule has 0 amide bonds. The monoisotopic (exact) mass is 269 g/mol. The van der Waals surface area contributed by atoms with Gasteiger partial charge in [0.15, 0.2) is 5.78 Å². The molecule has 2 aliphatic carbocycles. The maximum atomic E-state index is 12.1. The normalized spacial score (nSPS) is 29.7. The van der Waals surface area contributed by atoms with Crippen molar-refractivity contribution in [2.24, 2.45) is 0 Å². The van der Waals surface area contributed by atoms with Crippen molar-refractivity contribution in [1.82, 2.24) is 0 Å². The van der Waals surface area contributed by atoms with E-state index >= 15 is 0 Å². The number of hydrogen-bond donors (Lipinski definition) is 1. The van der Waals surface area contributed by atoms with Crippen LogP contribution in [0.25, 0.3) is 0 Å². The molecule has 1 aromatic carbocycles. The van der Waals surface area contributed by atoms with E-state index in [4.69, 9.17) is 0 Å². The number of Topliss-reactive ketones (excluding diaryl/α,β-unsaturated/α-hetero) is 1. The molecule has 106 valence electrons. The Kier molecular flexibility index (Phi) is 3.05. The van der Waals surface area contributed by atoms with E-state index in [-0.39, 0.29) is 6.04 Å². The first-order valence-electron chi connectivity index (χ1n) is 8.26. The molecule has 20 heavy (non-hydrogen) atoms. The molecule has 4 rings (SSSR count). The van der Waals surface area contributed by atoms with Crippen molar-refractivity contribution >= 4 is 11.5 Å². The summed E-state index contributed by atoms with van der Waals surface area (Å²) < 4.78 is 0. The Morgan fingerprint density at radius 2 is 1.85 bits per heavy atom. The molecule has 0 spiro atoms. The van der Waals surface area contributed by atoms with Crippen molar-refractivity contribution in [2.45, 2.75) is 69.2 Å². The molecule has 1 N–H and O–H groups in total. The number of fused-ring (bicyclic) bond motifs is 3. The molecule has 2 saturated carbocycles. The Balaban J connectivity index is 1.65. The first-order chi connectivity index (χ1) is 9.83. The number of ketones is 1. The Bertz CT molecular complexity index is 530. The highest BCUT2D eigenvalue weighted by Gasteiger charge is 2.39. The lowest BCUT2D eigenvalue weighted by atomic mass is 9.79. The Hall–Kier alpha value is -1.31. The third kappa shape index (κ3) is 1.97. The number of nitrogens with one attached hydrogen (secondary N) is 1. The lowest BCUT2D eigenvalue weighted by Crippen LogP contribution is -2.33. The maximum Gasteiger partial charge on any atom is 0.155 e. The number of anilines is 1. The Morgan fingerprint density at radius 1 is 1.00 bits per heavy atom. The van der Waals surface area contributed by atoms with Gasteiger partial charge in [0, 0.05) is 18.0 Å². The molecule has 1 aromatic rings. The fourth-order valence-electron chi connectivity index (χ4n) is 4.44. The molecular weight excluding hydrogens is 246 g/mol. The van der Waals surface area contributed by atoms with Crippen LogP contribution in [0.4, 0.5) is 5.69 Å². The van der Waals surface area contributed by atoms with E-state index in [1.54, 1.807) is 0 Å². The minimum absolute atomic E-state index is 0.0698. The fraction of sp³-hybridized carbons (Fsp3) is 0.611. The lowest BCUT2D eigenvalue weighted by Gasteiger charge is -2.25. The van der Waals surface area contributed by atoms with Crippen LogP contribution in [0.15, 0.2) is 18.2 Å². The van der Waals surface area contributed by atoms with Crippen LogP contribution in [0.3, 0.4) is 0 Å². The molecule has 0 radical (unpaired) electrons. The lowest BCUT2D eigenvalue weighted by molar-refractivity contribution is -0.121. The van der Waals surface area contributed by atoms with E-state index in [0.717, 1.165) is 18.8 Å². The second-order valence-electron chi connectivity index (χ2n) is 6.77. The van der Waals surface area contributed by atoms with Gasteiger partial charge in [0.25, 0.3) is 0 Å². The van der Waals surface area contributed by atoms with Crippen molar-refractivity contribution in [1.29, 1.82) is 0 Å². The SMILES string of the molecule is O=C1CCCC2c3cc(C4CCCCC4)ccc3NC12. The predicted molar refractivity (Wildman–Crippen MR) is 81.3 cm³/mol. The zero-order valence-corrected chi connectivity index (χ0v) is 12.0. The summed E-state index contributed by atoms with van der Waals surface area (Å²) in [5, 5.41) is 3.47. The number of rotatable bonds is 1. The molecule has 1 heterocycles. The van der Waals surface area contributed by atoms with Gasteiger partial charge in [0.05, 0.1) is 6.04 Å². The first kappa shape index (κ1) is 12.4. The van der Waals surface area contributed by atoms with E-state index in [1.165, 1.54) is 55.3 Å². The van der Waals surface area contributed by atoms with Crippen molar-refractivity contribution in [2.75, 3.05) is 5.32 Å². The van der Waals surface area contributed by atoms with Gasteiger partial charge in [-0.1, -0.05) is 31.4 Å². The van der Waals surface area contributed by atoms with Crippen LogP contribution in [0.5, 0.6) is 0 Å². The average Bonchev–Trinajstić information content (AvgIpc) is 2.88. The molecule has 2 heteroatoms. The molecule has 2 unspecified atom stereocenters. The molecule has 2 nitrogen and oxygen atoms in total. The smallest absolute Gasteiger partial charge is 0.155 e. The fourth-order valence-corrected chi connectivity index (χ4v) is 4.44. The van der Waals surface area contributed by atoms with Crippen molar-refractivity contribution in [3.63, 3.8) is 0 Å². The quantitative estimate of drug-likeness (QED) is 0.820. The van der Waals surface area contributed by atoms with E-state index in [0.29, 0.717) is 11.7 Å². The highest BCUT2D eigenvalue weighted by atomic mass is 16.1. The van der Waals surface area contributed by atoms with Gasteiger partial charge in [-0.25, -0.2) is 0 Å². The van der Waals surface area contributed by atoms with E-state index in [2.05, 4.69) is 23.5 Å². The summed E-state index contributed by atoms with van der Waals surface area (Å²) >= 11 is 0. The molecule has 2 atom stereocenters. The van der Waals surface area contributed by atoms with Gasteiger partial charge < -0.3 is 5.32 Å². The van der Waals surface area contributed by atoms with Gasteiger partial charge in [-0.15, -0.1) is 0 Å². The summed E-state index contributed by atoms with van der Waals surface area (Å²) in [6, 6.07) is 7.01. The number of carbonyl (C=O) groups excluding carboxylic acids is 1. The standard InChI is InChI=1S/C18H23NO/c20-17-8-4-7-14-15-11-13(12-5-2-1-3-6-12)9-10-16(15)19-18(14)17/h9-12,14,18-19H,1-8H2. The second-order valence-corrected chi connectivity index (χ2v) is 6.77. The summed E-state index contributed by atoms with van der Waals surface area (Å²) in [4.78, 5) is 12.1. The van der Waals surface area contributed by atoms with Crippen LogP contribution in [0.1, 0.15) is 74.3 Å². The summed E-state index contributed by atoms with van der Waals surface area (Å²) in [5.74, 6) is 1.61. The third-order valence-corrected chi connectivity index (χ3v) is 5.55. The minimum Gasteiger partial charge on any atom is -0.375 e. The Labute approximate surface area is 121 Å². The third-order valence-electron chi connectivity index (χ3n) is 5.55. The van der Waals surface area contributed by atoms with Crippen LogP contribution < -0.4 is 5.32 Å². The van der Waals surface area contributed by atoms with Crippen LogP contribution in [0.2, 0.25) is 0 Å². The van der Waals surface area contributed by atoms with Crippen LogP contribution in [-0.2, 0) is 4.79 Å². The number of benzene rings is 1. The van der Waals surface area contributed by atoms with Crippen LogP contribution in [-0.4, -0.2) is 11.8 Å². The zero-order chi connectivity index (χ0) is 13.5. The van der Waals surface area contributed by atoms with Crippen LogP contribution in [0, 0.1) is 0 Å². The van der Waals surface area contributed by atoms with Crippen molar-refractivity contribution < 1.29 is 4.79 Å². The predicted octanol–water partition coefficient (Wildman–Crippen LogP) is 4.37. The summed E-state index contributed by atoms with van der Waals surface area (Å²) in [6.45, 7) is 0. The molecule has 1 aliphatic heterocycles. The van der Waals surface area contributed by atoms with Gasteiger partial charge in [0.2, 0.25) is 0 Å². The average molecular weight is 269 g/mol. The van der Waals surface area contributed by atoms with Gasteiger partial charge in [-0.2, -0.15) is 0 Å². The molecular formula is C18H23NO. The minimum atomic E-state index is 0.0698. The maximum absolute atomic E-state index is 12.1. The van der Waals surface area contributed by atoms with Crippen molar-refractivity contribution in [3.8, 4) is 0 Å². The van der Waals surface area contributed by atoms with Crippen molar-refractivity contribution in [3.05, 3.63) is 29.3 Å². The highest BCUT2D eigenvalue weighted by Crippen LogP contribution is 2.44. The molecule has 0 bridgehead atoms. The van der Waals surface area contributed by atoms with Gasteiger partial charge in [-0.3, -0.25) is 4.79 Å². The van der Waals surface area contributed by atoms with Crippen LogP contribution >= 0.6 is 0 Å². The summed E-state index contributed by atoms with van der Waals surface area (Å²) in [5.41, 5.74) is 4.16. The second kappa shape index (κ2) is 4.91. The topological polar surface area (TPSA) is 29.1 Å². The van der Waals surface area contributed by atoms with Gasteiger partial charge in [0.1, 0.15) is 0 Å². The highest BCUT2D eigenvalue weighted by molar-refractivity contribution is 5.91. The summed E-state index contributed by atoms with van der Waals surface area (Å²) in [6.07, 6.45) is 9.85. The molecule has 3 aliphatic rings. The Morgan fingerprint density at radius 3 is 2.70 bits per heavy atom.